The lowest BCUT2D eigenvalue weighted by molar-refractivity contribution is 0.224. The third-order valence-corrected chi connectivity index (χ3v) is 2.00. The van der Waals surface area contributed by atoms with Gasteiger partial charge < -0.3 is 9.84 Å². The van der Waals surface area contributed by atoms with Crippen LogP contribution >= 0.6 is 0 Å². The topological polar surface area (TPSA) is 124 Å². The van der Waals surface area contributed by atoms with E-state index in [0.717, 1.165) is 0 Å². The predicted molar refractivity (Wildman–Crippen MR) is 62.0 cm³/mol. The molecule has 2 aromatic heterocycles. The first-order valence-electron chi connectivity index (χ1n) is 5.28. The number of hydrogen-bond donors (Lipinski definition) is 3. The standard InChI is InChI=1S/C9H13N7O2/c10-15-7-12-8(16-3-2-11-6-16)14-9(13-7)18-5-1-4-17/h2-3,6,17H,1,4-5,10H2,(H,12,13,14,15). The fraction of sp³-hybridized carbons (Fsp3) is 0.333. The Labute approximate surface area is 103 Å². The van der Waals surface area contributed by atoms with E-state index in [1.807, 2.05) is 0 Å². The fourth-order valence-electron chi connectivity index (χ4n) is 1.20. The molecule has 0 aliphatic rings. The summed E-state index contributed by atoms with van der Waals surface area (Å²) < 4.78 is 6.87. The molecule has 0 aliphatic heterocycles. The van der Waals surface area contributed by atoms with Crippen molar-refractivity contribution >= 4 is 5.95 Å². The molecular weight excluding hydrogens is 238 g/mol. The largest absolute Gasteiger partial charge is 0.463 e. The number of ether oxygens (including phenoxy) is 1. The lowest BCUT2D eigenvalue weighted by Gasteiger charge is -2.07. The number of hydrazine groups is 1. The smallest absolute Gasteiger partial charge is 0.323 e. The van der Waals surface area contributed by atoms with Crippen molar-refractivity contribution in [1.82, 2.24) is 24.5 Å². The Kier molecular flexibility index (Phi) is 3.99. The third-order valence-electron chi connectivity index (χ3n) is 2.00. The van der Waals surface area contributed by atoms with Gasteiger partial charge >= 0.3 is 6.01 Å². The Bertz CT molecular complexity index is 488. The number of nitrogens with two attached hydrogens (primary N) is 1. The Balaban J connectivity index is 2.22. The van der Waals surface area contributed by atoms with E-state index < -0.39 is 0 Å². The number of aliphatic hydroxyl groups is 1. The summed E-state index contributed by atoms with van der Waals surface area (Å²) >= 11 is 0. The normalized spacial score (nSPS) is 10.3. The van der Waals surface area contributed by atoms with Crippen molar-refractivity contribution in [1.29, 1.82) is 0 Å². The van der Waals surface area contributed by atoms with E-state index in [9.17, 15) is 0 Å². The second-order valence-corrected chi connectivity index (χ2v) is 3.28. The van der Waals surface area contributed by atoms with Crippen LogP contribution in [0.15, 0.2) is 18.7 Å². The van der Waals surface area contributed by atoms with Gasteiger partial charge in [-0.3, -0.25) is 9.99 Å². The molecular formula is C9H13N7O2. The first-order valence-corrected chi connectivity index (χ1v) is 5.28. The number of nitrogen functional groups attached to an aromatic ring is 1. The van der Waals surface area contributed by atoms with Crippen molar-refractivity contribution < 1.29 is 9.84 Å². The van der Waals surface area contributed by atoms with Crippen LogP contribution in [-0.2, 0) is 0 Å². The molecule has 0 radical (unpaired) electrons. The first-order chi connectivity index (χ1) is 8.83. The monoisotopic (exact) mass is 251 g/mol. The van der Waals surface area contributed by atoms with Gasteiger partial charge in [0, 0.05) is 25.4 Å². The van der Waals surface area contributed by atoms with Crippen LogP contribution in [0.25, 0.3) is 5.95 Å². The minimum Gasteiger partial charge on any atom is -0.463 e. The van der Waals surface area contributed by atoms with Crippen LogP contribution in [0.1, 0.15) is 6.42 Å². The second-order valence-electron chi connectivity index (χ2n) is 3.28. The molecule has 0 bridgehead atoms. The number of aromatic nitrogens is 5. The number of hydrogen-bond acceptors (Lipinski definition) is 8. The number of nitrogens with one attached hydrogen (secondary N) is 1. The maximum Gasteiger partial charge on any atom is 0.323 e. The van der Waals surface area contributed by atoms with Crippen LogP contribution < -0.4 is 16.0 Å². The van der Waals surface area contributed by atoms with Crippen LogP contribution in [0.5, 0.6) is 6.01 Å². The molecule has 0 spiro atoms. The van der Waals surface area contributed by atoms with Gasteiger partial charge in [-0.1, -0.05) is 0 Å². The highest BCUT2D eigenvalue weighted by Gasteiger charge is 2.08. The molecule has 0 amide bonds. The molecule has 0 fully saturated rings. The summed E-state index contributed by atoms with van der Waals surface area (Å²) in [6.07, 6.45) is 5.34. The molecule has 2 heterocycles. The van der Waals surface area contributed by atoms with Gasteiger partial charge in [0.15, 0.2) is 0 Å². The second kappa shape index (κ2) is 5.89. The van der Waals surface area contributed by atoms with Crippen molar-refractivity contribution in [3.63, 3.8) is 0 Å². The maximum absolute atomic E-state index is 8.67. The fourth-order valence-corrected chi connectivity index (χ4v) is 1.20. The Hall–Kier alpha value is -2.26. The molecule has 0 saturated carbocycles. The van der Waals surface area contributed by atoms with E-state index in [1.165, 1.54) is 0 Å². The Morgan fingerprint density at radius 1 is 1.39 bits per heavy atom. The van der Waals surface area contributed by atoms with Crippen molar-refractivity contribution in [2.45, 2.75) is 6.42 Å². The average molecular weight is 251 g/mol. The molecule has 9 heteroatoms. The summed E-state index contributed by atoms with van der Waals surface area (Å²) in [5, 5.41) is 8.67. The molecule has 0 aromatic carbocycles. The highest BCUT2D eigenvalue weighted by molar-refractivity contribution is 5.28. The zero-order chi connectivity index (χ0) is 12.8. The summed E-state index contributed by atoms with van der Waals surface area (Å²) in [6, 6.07) is 0.134. The minimum absolute atomic E-state index is 0.0431. The molecule has 0 saturated heterocycles. The highest BCUT2D eigenvalue weighted by Crippen LogP contribution is 2.10. The molecule has 2 aromatic rings. The van der Waals surface area contributed by atoms with Crippen LogP contribution in [-0.4, -0.2) is 42.8 Å². The van der Waals surface area contributed by atoms with Gasteiger partial charge in [-0.2, -0.15) is 15.0 Å². The zero-order valence-corrected chi connectivity index (χ0v) is 9.52. The van der Waals surface area contributed by atoms with E-state index in [-0.39, 0.29) is 18.6 Å². The number of rotatable bonds is 6. The lowest BCUT2D eigenvalue weighted by Crippen LogP contribution is -2.14. The van der Waals surface area contributed by atoms with Crippen LogP contribution in [0.2, 0.25) is 0 Å². The minimum atomic E-state index is 0.0431. The van der Waals surface area contributed by atoms with Gasteiger partial charge in [-0.05, 0) is 0 Å². The van der Waals surface area contributed by atoms with Gasteiger partial charge in [0.05, 0.1) is 6.61 Å². The average Bonchev–Trinajstić information content (AvgIpc) is 2.92. The lowest BCUT2D eigenvalue weighted by atomic mass is 10.5. The summed E-state index contributed by atoms with van der Waals surface area (Å²) in [5.41, 5.74) is 2.33. The molecule has 96 valence electrons. The summed E-state index contributed by atoms with van der Waals surface area (Å²) in [6.45, 7) is 0.356. The number of nitrogens with zero attached hydrogens (tertiary/aromatic N) is 5. The summed E-state index contributed by atoms with van der Waals surface area (Å²) in [7, 11) is 0. The summed E-state index contributed by atoms with van der Waals surface area (Å²) in [5.74, 6) is 5.80. The van der Waals surface area contributed by atoms with Crippen molar-refractivity contribution in [2.24, 2.45) is 5.84 Å². The van der Waals surface area contributed by atoms with Gasteiger partial charge in [0.2, 0.25) is 11.9 Å². The maximum atomic E-state index is 8.67. The van der Waals surface area contributed by atoms with E-state index in [0.29, 0.717) is 19.0 Å². The first kappa shape index (κ1) is 12.2. The van der Waals surface area contributed by atoms with Crippen molar-refractivity contribution in [2.75, 3.05) is 18.6 Å². The van der Waals surface area contributed by atoms with Gasteiger partial charge in [0.25, 0.3) is 0 Å². The van der Waals surface area contributed by atoms with E-state index in [4.69, 9.17) is 15.7 Å². The molecule has 2 rings (SSSR count). The Morgan fingerprint density at radius 2 is 2.28 bits per heavy atom. The van der Waals surface area contributed by atoms with Gasteiger partial charge in [0.1, 0.15) is 6.33 Å². The molecule has 4 N–H and O–H groups in total. The third kappa shape index (κ3) is 2.90. The molecule has 0 atom stereocenters. The van der Waals surface area contributed by atoms with Crippen LogP contribution in [0.3, 0.4) is 0 Å². The quantitative estimate of drug-likeness (QED) is 0.343. The molecule has 18 heavy (non-hydrogen) atoms. The van der Waals surface area contributed by atoms with Gasteiger partial charge in [-0.25, -0.2) is 10.8 Å². The van der Waals surface area contributed by atoms with Crippen LogP contribution in [0, 0.1) is 0 Å². The number of aliphatic hydroxyl groups excluding tert-OH is 1. The summed E-state index contributed by atoms with van der Waals surface area (Å²) in [4.78, 5) is 16.0. The number of anilines is 1. The molecule has 0 unspecified atom stereocenters. The SMILES string of the molecule is NNc1nc(OCCCO)nc(-n2ccnc2)n1. The van der Waals surface area contributed by atoms with Crippen LogP contribution in [0.4, 0.5) is 5.95 Å². The zero-order valence-electron chi connectivity index (χ0n) is 9.52. The molecule has 9 nitrogen and oxygen atoms in total. The van der Waals surface area contributed by atoms with E-state index in [2.05, 4.69) is 25.4 Å². The Morgan fingerprint density at radius 3 is 2.94 bits per heavy atom. The molecule has 0 aliphatic carbocycles. The van der Waals surface area contributed by atoms with E-state index >= 15 is 0 Å². The highest BCUT2D eigenvalue weighted by atomic mass is 16.5. The predicted octanol–water partition coefficient (Wildman–Crippen LogP) is -0.896. The van der Waals surface area contributed by atoms with Gasteiger partial charge in [-0.15, -0.1) is 0 Å². The number of imidazole rings is 1. The van der Waals surface area contributed by atoms with Crippen molar-refractivity contribution in [3.05, 3.63) is 18.7 Å². The van der Waals surface area contributed by atoms with E-state index in [1.54, 1.807) is 23.3 Å². The van der Waals surface area contributed by atoms with Crippen molar-refractivity contribution in [3.8, 4) is 12.0 Å².